The molecule has 0 saturated heterocycles. The van der Waals surface area contributed by atoms with Crippen LogP contribution >= 0.6 is 11.6 Å². The highest BCUT2D eigenvalue weighted by Crippen LogP contribution is 2.48. The molecule has 2 N–H and O–H groups in total. The van der Waals surface area contributed by atoms with Crippen molar-refractivity contribution in [3.63, 3.8) is 0 Å². The van der Waals surface area contributed by atoms with Gasteiger partial charge in [-0.1, -0.05) is 49.7 Å². The summed E-state index contributed by atoms with van der Waals surface area (Å²) in [5.41, 5.74) is 4.94. The monoisotopic (exact) mass is 272 g/mol. The first-order valence-electron chi connectivity index (χ1n) is 6.22. The van der Waals surface area contributed by atoms with Crippen LogP contribution in [0.1, 0.15) is 25.0 Å². The van der Waals surface area contributed by atoms with E-state index in [4.69, 9.17) is 11.6 Å². The first kappa shape index (κ1) is 12.7. The van der Waals surface area contributed by atoms with Crippen molar-refractivity contribution >= 4 is 24.2 Å². The van der Waals surface area contributed by atoms with E-state index in [1.807, 2.05) is 30.3 Å². The van der Waals surface area contributed by atoms with E-state index in [0.717, 1.165) is 11.1 Å². The van der Waals surface area contributed by atoms with Crippen LogP contribution in [0, 0.1) is 0 Å². The van der Waals surface area contributed by atoms with Crippen molar-refractivity contribution in [3.05, 3.63) is 52.5 Å². The number of fused-ring (bicyclic) bond motifs is 3. The number of hydrogen-bond acceptors (Lipinski definition) is 2. The van der Waals surface area contributed by atoms with Gasteiger partial charge in [-0.3, -0.25) is 0 Å². The second kappa shape index (κ2) is 4.10. The summed E-state index contributed by atoms with van der Waals surface area (Å²) in [6.07, 6.45) is 0. The molecule has 1 aliphatic carbocycles. The molecule has 0 aliphatic heterocycles. The van der Waals surface area contributed by atoms with Crippen LogP contribution in [0.5, 0.6) is 0 Å². The summed E-state index contributed by atoms with van der Waals surface area (Å²) in [5.74, 6) is 0. The van der Waals surface area contributed by atoms with Crippen LogP contribution < -0.4 is 5.46 Å². The van der Waals surface area contributed by atoms with Gasteiger partial charge in [-0.2, -0.15) is 0 Å². The first-order chi connectivity index (χ1) is 8.91. The average molecular weight is 273 g/mol. The summed E-state index contributed by atoms with van der Waals surface area (Å²) >= 11 is 6.09. The van der Waals surface area contributed by atoms with Crippen molar-refractivity contribution in [2.45, 2.75) is 19.3 Å². The van der Waals surface area contributed by atoms with E-state index < -0.39 is 7.12 Å². The van der Waals surface area contributed by atoms with Gasteiger partial charge in [0.05, 0.1) is 0 Å². The SMILES string of the molecule is CC1(C)c2ccc(Cl)cc2-c2cc(B(O)O)ccc21. The number of halogens is 1. The van der Waals surface area contributed by atoms with Gasteiger partial charge in [0.2, 0.25) is 0 Å². The summed E-state index contributed by atoms with van der Waals surface area (Å²) in [5, 5.41) is 19.3. The van der Waals surface area contributed by atoms with Gasteiger partial charge in [0.15, 0.2) is 0 Å². The van der Waals surface area contributed by atoms with Crippen molar-refractivity contribution in [2.24, 2.45) is 0 Å². The molecule has 3 rings (SSSR count). The predicted octanol–water partition coefficient (Wildman–Crippen LogP) is 2.33. The molecule has 0 radical (unpaired) electrons. The van der Waals surface area contributed by atoms with Crippen molar-refractivity contribution < 1.29 is 10.0 Å². The lowest BCUT2D eigenvalue weighted by molar-refractivity contribution is 0.426. The van der Waals surface area contributed by atoms with E-state index in [0.29, 0.717) is 10.5 Å². The highest BCUT2D eigenvalue weighted by molar-refractivity contribution is 6.58. The van der Waals surface area contributed by atoms with Gasteiger partial charge in [-0.25, -0.2) is 0 Å². The lowest BCUT2D eigenvalue weighted by Gasteiger charge is -2.21. The standard InChI is InChI=1S/C15H14BClO2/c1-15(2)13-5-3-9(16(18)19)7-11(13)12-8-10(17)4-6-14(12)15/h3-8,18-19H,1-2H3. The number of hydrogen-bond donors (Lipinski definition) is 2. The molecule has 19 heavy (non-hydrogen) atoms. The zero-order chi connectivity index (χ0) is 13.8. The zero-order valence-electron chi connectivity index (χ0n) is 10.8. The molecule has 4 heteroatoms. The zero-order valence-corrected chi connectivity index (χ0v) is 11.6. The van der Waals surface area contributed by atoms with Gasteiger partial charge in [-0.15, -0.1) is 0 Å². The lowest BCUT2D eigenvalue weighted by atomic mass is 9.77. The topological polar surface area (TPSA) is 40.5 Å². The Bertz CT molecular complexity index is 665. The van der Waals surface area contributed by atoms with Gasteiger partial charge < -0.3 is 10.0 Å². The quantitative estimate of drug-likeness (QED) is 0.782. The third-order valence-electron chi connectivity index (χ3n) is 3.96. The molecule has 0 atom stereocenters. The van der Waals surface area contributed by atoms with Crippen LogP contribution in [0.2, 0.25) is 5.02 Å². The highest BCUT2D eigenvalue weighted by atomic mass is 35.5. The summed E-state index contributed by atoms with van der Waals surface area (Å²) in [6, 6.07) is 11.5. The molecule has 0 saturated carbocycles. The van der Waals surface area contributed by atoms with E-state index in [2.05, 4.69) is 13.8 Å². The molecule has 1 aliphatic rings. The van der Waals surface area contributed by atoms with Crippen molar-refractivity contribution in [2.75, 3.05) is 0 Å². The fraction of sp³-hybridized carbons (Fsp3) is 0.200. The van der Waals surface area contributed by atoms with Gasteiger partial charge >= 0.3 is 7.12 Å². The van der Waals surface area contributed by atoms with Gasteiger partial charge in [0, 0.05) is 10.4 Å². The van der Waals surface area contributed by atoms with E-state index in [-0.39, 0.29) is 5.41 Å². The third-order valence-corrected chi connectivity index (χ3v) is 4.20. The Morgan fingerprint density at radius 3 is 2.16 bits per heavy atom. The Morgan fingerprint density at radius 1 is 0.947 bits per heavy atom. The van der Waals surface area contributed by atoms with Gasteiger partial charge in [-0.05, 0) is 39.8 Å². The van der Waals surface area contributed by atoms with E-state index in [1.54, 1.807) is 6.07 Å². The molecule has 0 unspecified atom stereocenters. The summed E-state index contributed by atoms with van der Waals surface area (Å²) in [4.78, 5) is 0. The molecular formula is C15H14BClO2. The van der Waals surface area contributed by atoms with Crippen LogP contribution in [0.15, 0.2) is 36.4 Å². The Morgan fingerprint density at radius 2 is 1.53 bits per heavy atom. The summed E-state index contributed by atoms with van der Waals surface area (Å²) < 4.78 is 0. The van der Waals surface area contributed by atoms with E-state index in [1.165, 1.54) is 11.1 Å². The molecule has 0 amide bonds. The summed E-state index contributed by atoms with van der Waals surface area (Å²) in [6.45, 7) is 4.33. The molecule has 2 aromatic rings. The molecule has 0 spiro atoms. The molecule has 0 bridgehead atoms. The average Bonchev–Trinajstić information content (AvgIpc) is 2.58. The summed E-state index contributed by atoms with van der Waals surface area (Å²) in [7, 11) is -1.45. The third kappa shape index (κ3) is 1.81. The van der Waals surface area contributed by atoms with Crippen LogP contribution in [0.3, 0.4) is 0 Å². The van der Waals surface area contributed by atoms with Crippen molar-refractivity contribution in [1.82, 2.24) is 0 Å². The minimum Gasteiger partial charge on any atom is -0.423 e. The maximum Gasteiger partial charge on any atom is 0.488 e. The molecular weight excluding hydrogens is 258 g/mol. The minimum atomic E-state index is -1.45. The normalized spacial score (nSPS) is 15.0. The van der Waals surface area contributed by atoms with Crippen molar-refractivity contribution in [1.29, 1.82) is 0 Å². The molecule has 2 aromatic carbocycles. The Balaban J connectivity index is 2.31. The fourth-order valence-electron chi connectivity index (χ4n) is 2.92. The van der Waals surface area contributed by atoms with Crippen LogP contribution in [0.25, 0.3) is 11.1 Å². The smallest absolute Gasteiger partial charge is 0.423 e. The highest BCUT2D eigenvalue weighted by Gasteiger charge is 2.35. The molecule has 0 fully saturated rings. The maximum atomic E-state index is 9.32. The second-order valence-corrected chi connectivity index (χ2v) is 5.93. The van der Waals surface area contributed by atoms with Crippen LogP contribution in [-0.4, -0.2) is 17.2 Å². The molecule has 0 heterocycles. The first-order valence-corrected chi connectivity index (χ1v) is 6.60. The molecule has 2 nitrogen and oxygen atoms in total. The Labute approximate surface area is 117 Å². The van der Waals surface area contributed by atoms with Crippen molar-refractivity contribution in [3.8, 4) is 11.1 Å². The number of rotatable bonds is 1. The van der Waals surface area contributed by atoms with Gasteiger partial charge in [0.1, 0.15) is 0 Å². The Hall–Kier alpha value is -1.29. The molecule has 96 valence electrons. The predicted molar refractivity (Wildman–Crippen MR) is 78.8 cm³/mol. The van der Waals surface area contributed by atoms with E-state index >= 15 is 0 Å². The molecule has 0 aromatic heterocycles. The minimum absolute atomic E-state index is 0.0891. The maximum absolute atomic E-state index is 9.32. The van der Waals surface area contributed by atoms with Crippen LogP contribution in [0.4, 0.5) is 0 Å². The fourth-order valence-corrected chi connectivity index (χ4v) is 3.09. The van der Waals surface area contributed by atoms with Crippen LogP contribution in [-0.2, 0) is 5.41 Å². The second-order valence-electron chi connectivity index (χ2n) is 5.49. The largest absolute Gasteiger partial charge is 0.488 e. The number of benzene rings is 2. The van der Waals surface area contributed by atoms with E-state index in [9.17, 15) is 10.0 Å². The van der Waals surface area contributed by atoms with Gasteiger partial charge in [0.25, 0.3) is 0 Å². The lowest BCUT2D eigenvalue weighted by Crippen LogP contribution is -2.30. The Kier molecular flexibility index (Phi) is 2.75.